The van der Waals surface area contributed by atoms with Crippen LogP contribution in [0.5, 0.6) is 5.75 Å². The summed E-state index contributed by atoms with van der Waals surface area (Å²) >= 11 is 0. The lowest BCUT2D eigenvalue weighted by Gasteiger charge is -2.48. The smallest absolute Gasteiger partial charge is 0.231 e. The maximum atomic E-state index is 13.0. The number of hydrogen-bond acceptors (Lipinski definition) is 4. The Labute approximate surface area is 178 Å². The lowest BCUT2D eigenvalue weighted by Crippen LogP contribution is -2.64. The molecule has 5 rings (SSSR count). The molecule has 0 spiro atoms. The Hall–Kier alpha value is -2.47. The van der Waals surface area contributed by atoms with Gasteiger partial charge in [-0.3, -0.25) is 4.79 Å². The summed E-state index contributed by atoms with van der Waals surface area (Å²) in [5.41, 5.74) is 2.96. The molecule has 1 amide bonds. The van der Waals surface area contributed by atoms with E-state index < -0.39 is 5.34 Å². The zero-order valence-corrected chi connectivity index (χ0v) is 16.7. The van der Waals surface area contributed by atoms with Crippen molar-refractivity contribution in [2.24, 2.45) is 0 Å². The molecule has 0 aliphatic carbocycles. The van der Waals surface area contributed by atoms with Crippen LogP contribution < -0.4 is 15.0 Å². The maximum Gasteiger partial charge on any atom is 0.231 e. The molecule has 0 saturated carbocycles. The predicted octanol–water partition coefficient (Wildman–Crippen LogP) is 2.22. The van der Waals surface area contributed by atoms with Crippen LogP contribution in [0, 0.1) is 5.82 Å². The molecule has 30 heavy (non-hydrogen) atoms. The monoisotopic (exact) mass is 401 g/mol. The Morgan fingerprint density at radius 3 is 2.80 bits per heavy atom. The molecular weight excluding hydrogens is 379 g/mol. The van der Waals surface area contributed by atoms with Crippen molar-refractivity contribution < 1.29 is 13.9 Å². The van der Waals surface area contributed by atoms with Crippen LogP contribution >= 0.6 is 0 Å². The number of hydrogen-bond donors (Lipinski definition) is 1. The highest BCUT2D eigenvalue weighted by atomic mass is 19.1. The number of carbonyl (C=O) groups excluding carboxylic acids is 1. The number of rotatable bonds is 5. The first-order valence-corrected chi connectivity index (χ1v) is 10.4. The Morgan fingerprint density at radius 2 is 2.00 bits per heavy atom. The molecule has 1 fully saturated rings. The van der Waals surface area contributed by atoms with Crippen molar-refractivity contribution in [3.05, 3.63) is 53.8 Å². The number of halogens is 1. The molecule has 2 aromatic rings. The molecule has 150 valence electrons. The number of para-hydroxylation sites is 1. The van der Waals surface area contributed by atoms with Crippen molar-refractivity contribution in [3.63, 3.8) is 0 Å². The summed E-state index contributed by atoms with van der Waals surface area (Å²) in [7, 11) is 12.5. The van der Waals surface area contributed by atoms with Gasteiger partial charge in [0.05, 0.1) is 18.0 Å². The van der Waals surface area contributed by atoms with Crippen LogP contribution in [0.4, 0.5) is 15.8 Å². The van der Waals surface area contributed by atoms with Crippen LogP contribution in [0.15, 0.2) is 42.5 Å². The van der Waals surface area contributed by atoms with Gasteiger partial charge in [-0.1, -0.05) is 12.1 Å². The van der Waals surface area contributed by atoms with Gasteiger partial charge in [-0.2, -0.15) is 0 Å². The van der Waals surface area contributed by atoms with Crippen LogP contribution in [-0.4, -0.2) is 64.1 Å². The van der Waals surface area contributed by atoms with Gasteiger partial charge in [0.15, 0.2) is 0 Å². The van der Waals surface area contributed by atoms with Gasteiger partial charge in [-0.15, -0.1) is 0 Å². The molecule has 1 saturated heterocycles. The predicted molar refractivity (Wildman–Crippen MR) is 116 cm³/mol. The molecule has 5 nitrogen and oxygen atoms in total. The van der Waals surface area contributed by atoms with Gasteiger partial charge < -0.3 is 19.9 Å². The summed E-state index contributed by atoms with van der Waals surface area (Å²) < 4.78 is 18.7. The Bertz CT molecular complexity index is 969. The third-order valence-electron chi connectivity index (χ3n) is 6.41. The second kappa shape index (κ2) is 7.34. The second-order valence-electron chi connectivity index (χ2n) is 8.31. The molecule has 1 N–H and O–H groups in total. The number of carbonyl (C=O) groups is 1. The van der Waals surface area contributed by atoms with E-state index in [-0.39, 0.29) is 23.7 Å². The van der Waals surface area contributed by atoms with Crippen molar-refractivity contribution in [1.29, 1.82) is 0 Å². The number of piperidine rings is 1. The highest BCUT2D eigenvalue weighted by Crippen LogP contribution is 2.52. The largest absolute Gasteiger partial charge is 0.494 e. The van der Waals surface area contributed by atoms with Crippen LogP contribution in [0.25, 0.3) is 0 Å². The summed E-state index contributed by atoms with van der Waals surface area (Å²) in [4.78, 5) is 16.8. The molecule has 3 heterocycles. The second-order valence-corrected chi connectivity index (χ2v) is 8.31. The fourth-order valence-corrected chi connectivity index (χ4v) is 5.02. The fourth-order valence-electron chi connectivity index (χ4n) is 5.02. The average molecular weight is 401 g/mol. The number of fused-ring (bicyclic) bond motifs is 3. The average Bonchev–Trinajstić information content (AvgIpc) is 3.07. The number of amides is 1. The van der Waals surface area contributed by atoms with E-state index >= 15 is 0 Å². The molecule has 2 atom stereocenters. The standard InChI is InChI=1S/C22H22B2FN3O2/c23-22(24)21(29)26-18-4-1-3-16-17-13-27(11-9-19(17)28(22)20(16)18)10-2-12-30-15-7-5-14(25)6-8-15/h1,3-8,17,19H,2,9-13H2,(H,26,29)/t17-,19?/m0/s1. The molecule has 0 aromatic heterocycles. The molecular formula is C22H22B2FN3O2. The third kappa shape index (κ3) is 3.18. The molecule has 8 heteroatoms. The lowest BCUT2D eigenvalue weighted by molar-refractivity contribution is -0.117. The Balaban J connectivity index is 1.25. The van der Waals surface area contributed by atoms with Gasteiger partial charge in [0.1, 0.15) is 27.3 Å². The fraction of sp³-hybridized carbons (Fsp3) is 0.409. The van der Waals surface area contributed by atoms with E-state index in [0.717, 1.165) is 43.9 Å². The first-order chi connectivity index (χ1) is 14.4. The minimum atomic E-state index is -1.53. The maximum absolute atomic E-state index is 13.0. The van der Waals surface area contributed by atoms with Crippen LogP contribution in [0.3, 0.4) is 0 Å². The first-order valence-electron chi connectivity index (χ1n) is 10.4. The van der Waals surface area contributed by atoms with Crippen molar-refractivity contribution in [2.75, 3.05) is 36.5 Å². The minimum Gasteiger partial charge on any atom is -0.494 e. The number of nitrogens with one attached hydrogen (secondary N) is 1. The van der Waals surface area contributed by atoms with Crippen LogP contribution in [0.2, 0.25) is 0 Å². The van der Waals surface area contributed by atoms with Crippen molar-refractivity contribution in [3.8, 4) is 5.75 Å². The van der Waals surface area contributed by atoms with Gasteiger partial charge in [-0.25, -0.2) is 4.39 Å². The van der Waals surface area contributed by atoms with E-state index in [2.05, 4.69) is 16.3 Å². The zero-order chi connectivity index (χ0) is 20.9. The van der Waals surface area contributed by atoms with Crippen LogP contribution in [-0.2, 0) is 4.79 Å². The normalized spacial score (nSPS) is 24.2. The van der Waals surface area contributed by atoms with Gasteiger partial charge in [0, 0.05) is 36.9 Å². The topological polar surface area (TPSA) is 44.8 Å². The number of benzene rings is 2. The highest BCUT2D eigenvalue weighted by Gasteiger charge is 2.51. The number of likely N-dealkylation sites (tertiary alicyclic amines) is 1. The number of ether oxygens (including phenoxy) is 1. The van der Waals surface area contributed by atoms with Crippen LogP contribution in [0.1, 0.15) is 24.3 Å². The lowest BCUT2D eigenvalue weighted by atomic mass is 9.58. The van der Waals surface area contributed by atoms with Gasteiger partial charge >= 0.3 is 0 Å². The SMILES string of the molecule is [B]C1([B])C(=O)Nc2cccc3c2N1C1CCN(CCCOc2ccc(F)cc2)C[C@@H]31. The molecule has 3 aliphatic rings. The van der Waals surface area contributed by atoms with Gasteiger partial charge in [0.2, 0.25) is 5.91 Å². The van der Waals surface area contributed by atoms with Gasteiger partial charge in [0.25, 0.3) is 0 Å². The van der Waals surface area contributed by atoms with Gasteiger partial charge in [-0.05, 0) is 48.7 Å². The van der Waals surface area contributed by atoms with Crippen molar-refractivity contribution in [2.45, 2.75) is 30.1 Å². The van der Waals surface area contributed by atoms with E-state index in [1.807, 2.05) is 17.0 Å². The number of nitrogens with zero attached hydrogens (tertiary/aromatic N) is 2. The van der Waals surface area contributed by atoms with E-state index in [9.17, 15) is 9.18 Å². The Kier molecular flexibility index (Phi) is 4.77. The van der Waals surface area contributed by atoms with E-state index in [1.54, 1.807) is 12.1 Å². The molecule has 2 aromatic carbocycles. The Morgan fingerprint density at radius 1 is 1.20 bits per heavy atom. The molecule has 0 bridgehead atoms. The first kappa shape index (κ1) is 19.5. The molecule has 4 radical (unpaired) electrons. The quantitative estimate of drug-likeness (QED) is 0.617. The summed E-state index contributed by atoms with van der Waals surface area (Å²) in [6.45, 7) is 3.29. The molecule has 1 unspecified atom stereocenters. The molecule has 3 aliphatic heterocycles. The van der Waals surface area contributed by atoms with E-state index in [4.69, 9.17) is 20.4 Å². The van der Waals surface area contributed by atoms with Crippen molar-refractivity contribution >= 4 is 33.0 Å². The summed E-state index contributed by atoms with van der Waals surface area (Å²) in [5.74, 6) is 0.305. The van der Waals surface area contributed by atoms with E-state index in [0.29, 0.717) is 12.4 Å². The van der Waals surface area contributed by atoms with E-state index in [1.165, 1.54) is 17.7 Å². The summed E-state index contributed by atoms with van der Waals surface area (Å²) in [5, 5.41) is 1.32. The third-order valence-corrected chi connectivity index (χ3v) is 6.41. The number of anilines is 2. The summed E-state index contributed by atoms with van der Waals surface area (Å²) in [6.07, 6.45) is 1.77. The zero-order valence-electron chi connectivity index (χ0n) is 16.7. The minimum absolute atomic E-state index is 0.119. The highest BCUT2D eigenvalue weighted by molar-refractivity contribution is 6.55. The van der Waals surface area contributed by atoms with Crippen molar-refractivity contribution in [1.82, 2.24) is 4.90 Å². The summed E-state index contributed by atoms with van der Waals surface area (Å²) in [6, 6.07) is 12.2.